The molecule has 5 nitrogen and oxygen atoms in total. The molecule has 4 aliphatic rings. The van der Waals surface area contributed by atoms with Crippen LogP contribution >= 0.6 is 0 Å². The molecule has 1 amide bonds. The Morgan fingerprint density at radius 2 is 2.00 bits per heavy atom. The van der Waals surface area contributed by atoms with Crippen LogP contribution in [-0.2, 0) is 11.3 Å². The lowest BCUT2D eigenvalue weighted by atomic mass is 9.47. The predicted molar refractivity (Wildman–Crippen MR) is 100 cm³/mol. The van der Waals surface area contributed by atoms with Crippen molar-refractivity contribution in [3.8, 4) is 0 Å². The van der Waals surface area contributed by atoms with E-state index in [0.29, 0.717) is 18.3 Å². The minimum absolute atomic E-state index is 0.0281. The van der Waals surface area contributed by atoms with Crippen LogP contribution in [0.4, 0.5) is 0 Å². The van der Waals surface area contributed by atoms with Crippen molar-refractivity contribution < 1.29 is 9.90 Å². The van der Waals surface area contributed by atoms with E-state index in [0.717, 1.165) is 38.6 Å². The Kier molecular flexibility index (Phi) is 4.22. The molecule has 3 atom stereocenters. The fraction of sp³-hybridized carbons (Fsp3) is 0.810. The molecule has 4 bridgehead atoms. The highest BCUT2D eigenvalue weighted by Crippen LogP contribution is 2.62. The molecule has 26 heavy (non-hydrogen) atoms. The molecule has 2 N–H and O–H groups in total. The Morgan fingerprint density at radius 1 is 1.31 bits per heavy atom. The Morgan fingerprint density at radius 3 is 2.54 bits per heavy atom. The SMILES string of the molecule is CC(C)(C)C(Cn1ccnc1)NC(=O)CC12CC3CC(CC(O)(C3)C1)C2. The van der Waals surface area contributed by atoms with Gasteiger partial charge in [-0.1, -0.05) is 20.8 Å². The van der Waals surface area contributed by atoms with Gasteiger partial charge >= 0.3 is 0 Å². The molecule has 4 aliphatic carbocycles. The van der Waals surface area contributed by atoms with Crippen molar-refractivity contribution in [2.24, 2.45) is 22.7 Å². The van der Waals surface area contributed by atoms with Gasteiger partial charge in [-0.3, -0.25) is 4.79 Å². The molecule has 0 aromatic carbocycles. The zero-order valence-electron chi connectivity index (χ0n) is 16.4. The molecule has 1 aromatic rings. The number of rotatable bonds is 5. The third-order valence-corrected chi connectivity index (χ3v) is 7.02. The van der Waals surface area contributed by atoms with E-state index in [-0.39, 0.29) is 22.8 Å². The van der Waals surface area contributed by atoms with Gasteiger partial charge in [0.1, 0.15) is 0 Å². The van der Waals surface area contributed by atoms with Crippen molar-refractivity contribution in [1.82, 2.24) is 14.9 Å². The van der Waals surface area contributed by atoms with E-state index in [2.05, 4.69) is 31.1 Å². The van der Waals surface area contributed by atoms with Crippen LogP contribution < -0.4 is 5.32 Å². The standard InChI is InChI=1S/C21H33N3O2/c1-19(2,3)17(12-24-5-4-22-14-24)23-18(25)11-20-7-15-6-16(8-20)10-21(26,9-15)13-20/h4-5,14-17,26H,6-13H2,1-3H3,(H,23,25). The number of amides is 1. The third-order valence-electron chi connectivity index (χ3n) is 7.02. The highest BCUT2D eigenvalue weighted by Gasteiger charge is 2.57. The van der Waals surface area contributed by atoms with Gasteiger partial charge in [0.15, 0.2) is 0 Å². The molecule has 0 radical (unpaired) electrons. The van der Waals surface area contributed by atoms with Gasteiger partial charge in [0, 0.05) is 25.4 Å². The maximum absolute atomic E-state index is 13.0. The average molecular weight is 360 g/mol. The van der Waals surface area contributed by atoms with Crippen LogP contribution in [0, 0.1) is 22.7 Å². The summed E-state index contributed by atoms with van der Waals surface area (Å²) in [5.74, 6) is 1.40. The van der Waals surface area contributed by atoms with Crippen LogP contribution in [0.15, 0.2) is 18.7 Å². The smallest absolute Gasteiger partial charge is 0.220 e. The summed E-state index contributed by atoms with van der Waals surface area (Å²) in [4.78, 5) is 17.1. The van der Waals surface area contributed by atoms with Gasteiger partial charge in [0.25, 0.3) is 0 Å². The molecule has 4 saturated carbocycles. The molecule has 1 aromatic heterocycles. The highest BCUT2D eigenvalue weighted by atomic mass is 16.3. The van der Waals surface area contributed by atoms with Crippen molar-refractivity contribution in [2.45, 2.75) is 83.9 Å². The van der Waals surface area contributed by atoms with Crippen LogP contribution in [0.2, 0.25) is 0 Å². The average Bonchev–Trinajstić information content (AvgIpc) is 2.95. The number of imidazole rings is 1. The molecule has 0 spiro atoms. The second-order valence-corrected chi connectivity index (χ2v) is 10.6. The number of aliphatic hydroxyl groups is 1. The van der Waals surface area contributed by atoms with E-state index in [9.17, 15) is 9.90 Å². The predicted octanol–water partition coefficient (Wildman–Crippen LogP) is 3.14. The zero-order valence-corrected chi connectivity index (χ0v) is 16.4. The van der Waals surface area contributed by atoms with E-state index in [1.807, 2.05) is 10.8 Å². The monoisotopic (exact) mass is 359 g/mol. The lowest BCUT2D eigenvalue weighted by Crippen LogP contribution is -2.57. The Balaban J connectivity index is 1.44. The van der Waals surface area contributed by atoms with Gasteiger partial charge in [0.05, 0.1) is 18.0 Å². The van der Waals surface area contributed by atoms with E-state index < -0.39 is 5.60 Å². The quantitative estimate of drug-likeness (QED) is 0.849. The summed E-state index contributed by atoms with van der Waals surface area (Å²) in [6.07, 6.45) is 12.3. The first-order valence-corrected chi connectivity index (χ1v) is 10.1. The second-order valence-electron chi connectivity index (χ2n) is 10.6. The molecular weight excluding hydrogens is 326 g/mol. The summed E-state index contributed by atoms with van der Waals surface area (Å²) in [6.45, 7) is 7.24. The molecular formula is C21H33N3O2. The molecule has 0 aliphatic heterocycles. The summed E-state index contributed by atoms with van der Waals surface area (Å²) in [6, 6.07) is 0.0567. The van der Waals surface area contributed by atoms with Crippen molar-refractivity contribution in [1.29, 1.82) is 0 Å². The van der Waals surface area contributed by atoms with E-state index in [1.165, 1.54) is 6.42 Å². The van der Waals surface area contributed by atoms with Crippen LogP contribution in [0.1, 0.15) is 65.7 Å². The Labute approximate surface area is 156 Å². The van der Waals surface area contributed by atoms with Crippen molar-refractivity contribution >= 4 is 5.91 Å². The van der Waals surface area contributed by atoms with Gasteiger partial charge in [-0.2, -0.15) is 0 Å². The largest absolute Gasteiger partial charge is 0.390 e. The maximum Gasteiger partial charge on any atom is 0.220 e. The van der Waals surface area contributed by atoms with Gasteiger partial charge in [0.2, 0.25) is 5.91 Å². The topological polar surface area (TPSA) is 67.2 Å². The first kappa shape index (κ1) is 18.0. The summed E-state index contributed by atoms with van der Waals surface area (Å²) >= 11 is 0. The van der Waals surface area contributed by atoms with E-state index in [1.54, 1.807) is 12.5 Å². The molecule has 144 valence electrons. The van der Waals surface area contributed by atoms with Crippen LogP contribution in [0.3, 0.4) is 0 Å². The van der Waals surface area contributed by atoms with E-state index in [4.69, 9.17) is 0 Å². The third kappa shape index (κ3) is 3.55. The van der Waals surface area contributed by atoms with Crippen LogP contribution in [0.5, 0.6) is 0 Å². The Hall–Kier alpha value is -1.36. The molecule has 5 heteroatoms. The molecule has 5 rings (SSSR count). The van der Waals surface area contributed by atoms with Crippen molar-refractivity contribution in [3.05, 3.63) is 18.7 Å². The molecule has 4 fully saturated rings. The van der Waals surface area contributed by atoms with Gasteiger partial charge < -0.3 is 15.0 Å². The fourth-order valence-electron chi connectivity index (χ4n) is 6.34. The van der Waals surface area contributed by atoms with E-state index >= 15 is 0 Å². The zero-order chi connectivity index (χ0) is 18.6. The normalized spacial score (nSPS) is 36.9. The lowest BCUT2D eigenvalue weighted by Gasteiger charge is -2.60. The number of carbonyl (C=O) groups excluding carboxylic acids is 1. The number of hydrogen-bond acceptors (Lipinski definition) is 3. The summed E-state index contributed by atoms with van der Waals surface area (Å²) in [5, 5.41) is 14.2. The summed E-state index contributed by atoms with van der Waals surface area (Å²) < 4.78 is 2.03. The maximum atomic E-state index is 13.0. The summed E-state index contributed by atoms with van der Waals surface area (Å²) in [5.41, 5.74) is -0.495. The highest BCUT2D eigenvalue weighted by molar-refractivity contribution is 5.77. The number of carbonyl (C=O) groups is 1. The van der Waals surface area contributed by atoms with Crippen LogP contribution in [0.25, 0.3) is 0 Å². The van der Waals surface area contributed by atoms with Crippen molar-refractivity contribution in [3.63, 3.8) is 0 Å². The Bertz CT molecular complexity index is 647. The minimum atomic E-state index is -0.495. The molecule has 0 saturated heterocycles. The fourth-order valence-corrected chi connectivity index (χ4v) is 6.34. The van der Waals surface area contributed by atoms with Gasteiger partial charge in [-0.25, -0.2) is 4.98 Å². The van der Waals surface area contributed by atoms with Crippen LogP contribution in [-0.4, -0.2) is 32.2 Å². The second kappa shape index (κ2) is 6.08. The molecule has 3 unspecified atom stereocenters. The first-order valence-electron chi connectivity index (χ1n) is 10.1. The number of nitrogens with one attached hydrogen (secondary N) is 1. The number of aromatic nitrogens is 2. The first-order chi connectivity index (χ1) is 12.1. The minimum Gasteiger partial charge on any atom is -0.390 e. The molecule has 1 heterocycles. The van der Waals surface area contributed by atoms with Gasteiger partial charge in [-0.15, -0.1) is 0 Å². The number of nitrogens with zero attached hydrogens (tertiary/aromatic N) is 2. The number of hydrogen-bond donors (Lipinski definition) is 2. The van der Waals surface area contributed by atoms with Crippen molar-refractivity contribution in [2.75, 3.05) is 0 Å². The summed E-state index contributed by atoms with van der Waals surface area (Å²) in [7, 11) is 0. The lowest BCUT2D eigenvalue weighted by molar-refractivity contribution is -0.169. The van der Waals surface area contributed by atoms with Gasteiger partial charge in [-0.05, 0) is 61.2 Å².